The largest absolute Gasteiger partial charge is 0.388 e. The van der Waals surface area contributed by atoms with Crippen LogP contribution in [0, 0.1) is 11.6 Å². The number of nitrogens with one attached hydrogen (secondary N) is 2. The van der Waals surface area contributed by atoms with Crippen LogP contribution in [0.3, 0.4) is 0 Å². The highest BCUT2D eigenvalue weighted by Gasteiger charge is 2.31. The number of benzene rings is 3. The third-order valence-corrected chi connectivity index (χ3v) is 11.0. The Bertz CT molecular complexity index is 1900. The summed E-state index contributed by atoms with van der Waals surface area (Å²) >= 11 is 6.15. The smallest absolute Gasteiger partial charge is 0.262 e. The number of anilines is 2. The molecular weight excluding hydrogens is 636 g/mol. The van der Waals surface area contributed by atoms with Crippen molar-refractivity contribution < 1.29 is 27.0 Å². The van der Waals surface area contributed by atoms with Gasteiger partial charge in [0.05, 0.1) is 41.0 Å². The average Bonchev–Trinajstić information content (AvgIpc) is 3.42. The number of sulfonamides is 1. The number of aromatic nitrogens is 2. The minimum atomic E-state index is -4.32. The first-order chi connectivity index (χ1) is 22.2. The number of fused-ring (bicyclic) bond motifs is 2. The quantitative estimate of drug-likeness (QED) is 0.217. The van der Waals surface area contributed by atoms with Crippen molar-refractivity contribution >= 4 is 44.2 Å². The molecule has 9 nitrogen and oxygen atoms in total. The normalized spacial score (nSPS) is 22.1. The van der Waals surface area contributed by atoms with E-state index in [-0.39, 0.29) is 27.1 Å². The van der Waals surface area contributed by atoms with Crippen LogP contribution in [0.2, 0.25) is 5.02 Å². The van der Waals surface area contributed by atoms with E-state index < -0.39 is 33.4 Å². The van der Waals surface area contributed by atoms with E-state index in [9.17, 15) is 13.5 Å². The molecule has 4 aromatic rings. The van der Waals surface area contributed by atoms with Crippen LogP contribution in [0.1, 0.15) is 49.3 Å². The molecule has 1 saturated carbocycles. The van der Waals surface area contributed by atoms with E-state index in [1.165, 1.54) is 12.1 Å². The lowest BCUT2D eigenvalue weighted by Crippen LogP contribution is -2.46. The lowest BCUT2D eigenvalue weighted by Gasteiger charge is -2.38. The molecule has 2 fully saturated rings. The van der Waals surface area contributed by atoms with E-state index in [0.29, 0.717) is 46.9 Å². The van der Waals surface area contributed by atoms with Crippen molar-refractivity contribution in [2.24, 2.45) is 0 Å². The lowest BCUT2D eigenvalue weighted by molar-refractivity contribution is 0.00790. The van der Waals surface area contributed by atoms with Gasteiger partial charge in [0.15, 0.2) is 5.82 Å². The van der Waals surface area contributed by atoms with E-state index in [0.717, 1.165) is 64.1 Å². The first-order valence-corrected chi connectivity index (χ1v) is 17.4. The number of rotatable bonds is 7. The van der Waals surface area contributed by atoms with Crippen molar-refractivity contribution in [1.82, 2.24) is 14.9 Å². The van der Waals surface area contributed by atoms with Gasteiger partial charge < -0.3 is 15.2 Å². The molecule has 0 amide bonds. The Morgan fingerprint density at radius 2 is 1.78 bits per heavy atom. The van der Waals surface area contributed by atoms with Gasteiger partial charge in [0, 0.05) is 41.8 Å². The molecule has 1 aromatic heterocycles. The van der Waals surface area contributed by atoms with Crippen molar-refractivity contribution in [3.63, 3.8) is 0 Å². The number of hydrogen-bond donors (Lipinski definition) is 3. The number of nitrogens with zero attached hydrogens (tertiary/aromatic N) is 3. The predicted octanol–water partition coefficient (Wildman–Crippen LogP) is 6.06. The van der Waals surface area contributed by atoms with Crippen LogP contribution >= 0.6 is 11.6 Å². The summed E-state index contributed by atoms with van der Waals surface area (Å²) < 4.78 is 65.5. The van der Waals surface area contributed by atoms with E-state index in [1.807, 2.05) is 0 Å². The Balaban J connectivity index is 1.09. The number of hydrogen-bond acceptors (Lipinski definition) is 8. The molecule has 3 N–H and O–H groups in total. The maximum atomic E-state index is 15.9. The van der Waals surface area contributed by atoms with Crippen LogP contribution in [0.5, 0.6) is 0 Å². The Labute approximate surface area is 271 Å². The predicted molar refractivity (Wildman–Crippen MR) is 172 cm³/mol. The molecule has 0 radical (unpaired) electrons. The van der Waals surface area contributed by atoms with Gasteiger partial charge in [-0.05, 0) is 91.6 Å². The zero-order valence-electron chi connectivity index (χ0n) is 25.0. The van der Waals surface area contributed by atoms with Gasteiger partial charge >= 0.3 is 0 Å². The van der Waals surface area contributed by atoms with Gasteiger partial charge in [0.25, 0.3) is 10.0 Å². The molecule has 2 aliphatic carbocycles. The van der Waals surface area contributed by atoms with Crippen molar-refractivity contribution in [2.75, 3.05) is 36.3 Å². The molecule has 3 aliphatic rings. The summed E-state index contributed by atoms with van der Waals surface area (Å²) in [5.41, 5.74) is 0.882. The molecule has 2 heterocycles. The maximum Gasteiger partial charge on any atom is 0.262 e. The molecule has 0 bridgehead atoms. The van der Waals surface area contributed by atoms with E-state index in [1.54, 1.807) is 24.4 Å². The van der Waals surface area contributed by atoms with Crippen LogP contribution in [-0.2, 0) is 21.2 Å². The lowest BCUT2D eigenvalue weighted by atomic mass is 9.90. The molecule has 242 valence electrons. The molecule has 0 spiro atoms. The standard InChI is InChI=1S/C33H34ClF2N5O4S/c34-21-16-25-24(6-10-29(25)42)30(17-21)46(43,44)40-28-9-7-26(35)31(32(28)36)19-1-8-27-20(15-19)18-37-33(39-27)38-22-2-4-23(5-3-22)41-11-13-45-14-12-41/h1,7-9,15-18,22-23,29,40,42H,2-6,10-14H2,(H,37,38,39)/t22?,23?,29-/m1/s1. The Morgan fingerprint density at radius 1 is 1.00 bits per heavy atom. The van der Waals surface area contributed by atoms with Crippen LogP contribution in [0.15, 0.2) is 53.6 Å². The number of halogens is 3. The summed E-state index contributed by atoms with van der Waals surface area (Å²) in [7, 11) is -4.32. The minimum Gasteiger partial charge on any atom is -0.388 e. The highest BCUT2D eigenvalue weighted by molar-refractivity contribution is 7.92. The minimum absolute atomic E-state index is 0.133. The van der Waals surface area contributed by atoms with E-state index >= 15 is 8.78 Å². The summed E-state index contributed by atoms with van der Waals surface area (Å²) in [6.07, 6.45) is 5.70. The van der Waals surface area contributed by atoms with Gasteiger partial charge in [0.1, 0.15) is 5.82 Å². The van der Waals surface area contributed by atoms with Crippen LogP contribution < -0.4 is 10.0 Å². The third-order valence-electron chi connectivity index (χ3n) is 9.32. The molecule has 0 unspecified atom stereocenters. The molecular formula is C33H34ClF2N5O4S. The van der Waals surface area contributed by atoms with Crippen LogP contribution in [-0.4, -0.2) is 66.8 Å². The molecule has 1 saturated heterocycles. The number of ether oxygens (including phenoxy) is 1. The SMILES string of the molecule is O=S(=O)(Nc1ccc(F)c(-c2ccc3nc(NC4CCC(N5CCOCC5)CC4)ncc3c2)c1F)c1cc(Cl)cc2c1CC[C@H]2O. The fourth-order valence-corrected chi connectivity index (χ4v) is 8.61. The molecule has 46 heavy (non-hydrogen) atoms. The summed E-state index contributed by atoms with van der Waals surface area (Å²) in [5.74, 6) is -1.41. The Hall–Kier alpha value is -3.42. The van der Waals surface area contributed by atoms with Crippen LogP contribution in [0.25, 0.3) is 22.0 Å². The topological polar surface area (TPSA) is 117 Å². The molecule has 13 heteroatoms. The summed E-state index contributed by atoms with van der Waals surface area (Å²) in [6, 6.07) is 10.5. The fraction of sp³-hybridized carbons (Fsp3) is 0.394. The summed E-state index contributed by atoms with van der Waals surface area (Å²) in [5, 5.41) is 14.4. The number of morpholine rings is 1. The average molecular weight is 670 g/mol. The Kier molecular flexibility index (Phi) is 8.58. The number of aliphatic hydroxyl groups excluding tert-OH is 1. The van der Waals surface area contributed by atoms with Crippen molar-refractivity contribution in [3.05, 3.63) is 76.4 Å². The fourth-order valence-electron chi connectivity index (χ4n) is 6.94. The second-order valence-electron chi connectivity index (χ2n) is 12.2. The first-order valence-electron chi connectivity index (χ1n) is 15.5. The van der Waals surface area contributed by atoms with Gasteiger partial charge in [0.2, 0.25) is 5.95 Å². The molecule has 3 aromatic carbocycles. The molecule has 7 rings (SSSR count). The van der Waals surface area contributed by atoms with Crippen LogP contribution in [0.4, 0.5) is 20.4 Å². The van der Waals surface area contributed by atoms with Crippen molar-refractivity contribution in [1.29, 1.82) is 0 Å². The highest BCUT2D eigenvalue weighted by atomic mass is 35.5. The van der Waals surface area contributed by atoms with Crippen molar-refractivity contribution in [3.8, 4) is 11.1 Å². The molecule has 1 aliphatic heterocycles. The summed E-state index contributed by atoms with van der Waals surface area (Å²) in [6.45, 7) is 3.57. The monoisotopic (exact) mass is 669 g/mol. The summed E-state index contributed by atoms with van der Waals surface area (Å²) in [4.78, 5) is 11.5. The maximum absolute atomic E-state index is 15.9. The van der Waals surface area contributed by atoms with Gasteiger partial charge in [-0.2, -0.15) is 0 Å². The van der Waals surface area contributed by atoms with Gasteiger partial charge in [-0.15, -0.1) is 0 Å². The first kappa shape index (κ1) is 31.2. The van der Waals surface area contributed by atoms with Crippen molar-refractivity contribution in [2.45, 2.75) is 61.6 Å². The zero-order chi connectivity index (χ0) is 32.0. The number of aliphatic hydroxyl groups is 1. The highest BCUT2D eigenvalue weighted by Crippen LogP contribution is 2.39. The van der Waals surface area contributed by atoms with Gasteiger partial charge in [-0.1, -0.05) is 17.7 Å². The van der Waals surface area contributed by atoms with Gasteiger partial charge in [-0.25, -0.2) is 27.2 Å². The molecule has 1 atom stereocenters. The second kappa shape index (κ2) is 12.6. The van der Waals surface area contributed by atoms with E-state index in [4.69, 9.17) is 16.3 Å². The van der Waals surface area contributed by atoms with E-state index in [2.05, 4.69) is 24.9 Å². The third kappa shape index (κ3) is 6.16. The zero-order valence-corrected chi connectivity index (χ0v) is 26.6. The second-order valence-corrected chi connectivity index (χ2v) is 14.3. The van der Waals surface area contributed by atoms with Gasteiger partial charge in [-0.3, -0.25) is 9.62 Å². The Morgan fingerprint density at radius 3 is 2.57 bits per heavy atom.